The third-order valence-corrected chi connectivity index (χ3v) is 9.96. The van der Waals surface area contributed by atoms with Gasteiger partial charge in [-0.25, -0.2) is 26.7 Å². The molecule has 0 bridgehead atoms. The molecule has 0 spiro atoms. The van der Waals surface area contributed by atoms with Gasteiger partial charge in [0.25, 0.3) is 0 Å². The molecule has 1 aromatic heterocycles. The van der Waals surface area contributed by atoms with E-state index in [-0.39, 0.29) is 10.8 Å². The minimum absolute atomic E-state index is 0.0234. The molecule has 7 nitrogen and oxygen atoms in total. The fourth-order valence-electron chi connectivity index (χ4n) is 5.44. The normalized spacial score (nSPS) is 20.3. The average molecular weight is 494 g/mol. The fraction of sp³-hybridized carbons (Fsp3) is 0.583. The van der Waals surface area contributed by atoms with E-state index in [1.807, 2.05) is 39.8 Å². The van der Waals surface area contributed by atoms with Crippen LogP contribution in [0.15, 0.2) is 28.0 Å². The number of aromatic nitrogens is 1. The van der Waals surface area contributed by atoms with Gasteiger partial charge in [-0.05, 0) is 80.3 Å². The Morgan fingerprint density at radius 2 is 1.79 bits per heavy atom. The van der Waals surface area contributed by atoms with Crippen LogP contribution in [0.4, 0.5) is 0 Å². The molecule has 4 rings (SSSR count). The topological polar surface area (TPSA) is 111 Å². The molecule has 0 saturated heterocycles. The zero-order valence-corrected chi connectivity index (χ0v) is 21.7. The van der Waals surface area contributed by atoms with E-state index < -0.39 is 25.6 Å². The van der Waals surface area contributed by atoms with E-state index in [1.54, 1.807) is 13.0 Å². The molecular formula is C24H35N3O4S2. The maximum Gasteiger partial charge on any atom is 0.241 e. The second-order valence-electron chi connectivity index (χ2n) is 10.5. The molecule has 2 aliphatic rings. The summed E-state index contributed by atoms with van der Waals surface area (Å²) < 4.78 is 55.5. The monoisotopic (exact) mass is 493 g/mol. The predicted molar refractivity (Wildman–Crippen MR) is 130 cm³/mol. The highest BCUT2D eigenvalue weighted by Crippen LogP contribution is 2.43. The number of rotatable bonds is 5. The van der Waals surface area contributed by atoms with Gasteiger partial charge >= 0.3 is 0 Å². The van der Waals surface area contributed by atoms with Gasteiger partial charge in [-0.3, -0.25) is 0 Å². The van der Waals surface area contributed by atoms with Crippen molar-refractivity contribution >= 4 is 20.0 Å². The van der Waals surface area contributed by atoms with Gasteiger partial charge in [0.05, 0.1) is 10.4 Å². The van der Waals surface area contributed by atoms with E-state index in [0.717, 1.165) is 36.2 Å². The predicted octanol–water partition coefficient (Wildman–Crippen LogP) is 4.34. The van der Waals surface area contributed by atoms with E-state index in [0.29, 0.717) is 22.1 Å². The quantitative estimate of drug-likeness (QED) is 0.645. The molecule has 0 amide bonds. The van der Waals surface area contributed by atoms with Crippen LogP contribution < -0.4 is 9.86 Å². The van der Waals surface area contributed by atoms with Crippen LogP contribution in [0.25, 0.3) is 11.3 Å². The van der Waals surface area contributed by atoms with Crippen LogP contribution in [0, 0.1) is 12.8 Å². The molecule has 9 heteroatoms. The minimum Gasteiger partial charge on any atom is -0.343 e. The molecule has 2 aromatic rings. The Bertz CT molecular complexity index is 1300. The van der Waals surface area contributed by atoms with Crippen molar-refractivity contribution in [3.8, 4) is 11.3 Å². The number of hydrogen-bond donors (Lipinski definition) is 2. The van der Waals surface area contributed by atoms with Crippen molar-refractivity contribution in [2.75, 3.05) is 0 Å². The van der Waals surface area contributed by atoms with Crippen LogP contribution in [0.2, 0.25) is 0 Å². The number of primary sulfonamides is 1. The third kappa shape index (κ3) is 4.40. The molecule has 1 aromatic carbocycles. The van der Waals surface area contributed by atoms with Crippen molar-refractivity contribution in [1.29, 1.82) is 0 Å². The lowest BCUT2D eigenvalue weighted by Gasteiger charge is -2.25. The number of nitrogens with zero attached hydrogens (tertiary/aromatic N) is 1. The first kappa shape index (κ1) is 24.4. The first-order valence-electron chi connectivity index (χ1n) is 11.7. The molecule has 2 heterocycles. The van der Waals surface area contributed by atoms with Crippen LogP contribution >= 0.6 is 0 Å². The van der Waals surface area contributed by atoms with Gasteiger partial charge < -0.3 is 4.57 Å². The van der Waals surface area contributed by atoms with Crippen LogP contribution in [-0.2, 0) is 32.1 Å². The molecule has 1 aliphatic heterocycles. The van der Waals surface area contributed by atoms with Crippen LogP contribution in [-0.4, -0.2) is 21.4 Å². The highest BCUT2D eigenvalue weighted by atomic mass is 32.2. The molecule has 0 atom stereocenters. The van der Waals surface area contributed by atoms with Crippen molar-refractivity contribution in [1.82, 2.24) is 9.29 Å². The molecule has 3 N–H and O–H groups in total. The number of hydrogen-bond acceptors (Lipinski definition) is 4. The Balaban J connectivity index is 1.96. The zero-order valence-electron chi connectivity index (χ0n) is 20.1. The molecule has 0 radical (unpaired) electrons. The molecule has 182 valence electrons. The zero-order chi connectivity index (χ0) is 24.3. The molecule has 33 heavy (non-hydrogen) atoms. The van der Waals surface area contributed by atoms with E-state index >= 15 is 0 Å². The summed E-state index contributed by atoms with van der Waals surface area (Å²) >= 11 is 0. The summed E-state index contributed by atoms with van der Waals surface area (Å²) in [4.78, 5) is 0.477. The molecule has 0 unspecified atom stereocenters. The van der Waals surface area contributed by atoms with E-state index in [1.165, 1.54) is 19.3 Å². The Morgan fingerprint density at radius 3 is 2.36 bits per heavy atom. The van der Waals surface area contributed by atoms with Gasteiger partial charge in [-0.1, -0.05) is 33.1 Å². The van der Waals surface area contributed by atoms with Crippen LogP contribution in [0.3, 0.4) is 0 Å². The average Bonchev–Trinajstić information content (AvgIpc) is 3.12. The highest BCUT2D eigenvalue weighted by molar-refractivity contribution is 7.90. The van der Waals surface area contributed by atoms with Crippen LogP contribution in [0.1, 0.15) is 82.5 Å². The molecule has 1 fully saturated rings. The Hall–Kier alpha value is -1.68. The summed E-state index contributed by atoms with van der Waals surface area (Å²) in [6, 6.07) is 5.46. The van der Waals surface area contributed by atoms with Gasteiger partial charge in [0.1, 0.15) is 4.90 Å². The maximum absolute atomic E-state index is 12.9. The number of benzene rings is 1. The second kappa shape index (κ2) is 8.22. The summed E-state index contributed by atoms with van der Waals surface area (Å²) in [5.74, 6) is 0.458. The largest absolute Gasteiger partial charge is 0.343 e. The smallest absolute Gasteiger partial charge is 0.241 e. The first-order chi connectivity index (χ1) is 15.2. The fourth-order valence-corrected chi connectivity index (χ4v) is 8.33. The molecule has 1 saturated carbocycles. The van der Waals surface area contributed by atoms with Gasteiger partial charge in [0.2, 0.25) is 20.0 Å². The minimum atomic E-state index is -3.89. The van der Waals surface area contributed by atoms with Crippen molar-refractivity contribution in [2.45, 2.75) is 94.5 Å². The lowest BCUT2D eigenvalue weighted by molar-refractivity contribution is 0.318. The summed E-state index contributed by atoms with van der Waals surface area (Å²) in [7, 11) is -7.51. The van der Waals surface area contributed by atoms with E-state index in [4.69, 9.17) is 5.14 Å². The van der Waals surface area contributed by atoms with Crippen molar-refractivity contribution in [3.05, 3.63) is 35.0 Å². The molecular weight excluding hydrogens is 458 g/mol. The standard InChI is InChI=1S/C24H35N3O4S2/c1-15(2)19-11-18(12-20-23(19)33(30,31)26-24(20,4)5)21-13-22(32(25,28)29)16(3)27(21)14-17-9-7-6-8-10-17/h11-13,15,17,26H,6-10,14H2,1-5H3,(H2,25,28,29). The third-order valence-electron chi connectivity index (χ3n) is 7.16. The van der Waals surface area contributed by atoms with Gasteiger partial charge in [0, 0.05) is 17.9 Å². The van der Waals surface area contributed by atoms with Gasteiger partial charge in [-0.2, -0.15) is 0 Å². The first-order valence-corrected chi connectivity index (χ1v) is 14.7. The lowest BCUT2D eigenvalue weighted by atomic mass is 9.88. The van der Waals surface area contributed by atoms with Crippen molar-refractivity contribution in [2.24, 2.45) is 11.1 Å². The van der Waals surface area contributed by atoms with Gasteiger partial charge in [-0.15, -0.1) is 0 Å². The number of fused-ring (bicyclic) bond motifs is 1. The van der Waals surface area contributed by atoms with Crippen molar-refractivity contribution in [3.63, 3.8) is 0 Å². The Kier molecular flexibility index (Phi) is 6.09. The Labute approximate surface area is 197 Å². The van der Waals surface area contributed by atoms with Gasteiger partial charge in [0.15, 0.2) is 0 Å². The SMILES string of the molecule is Cc1c(S(N)(=O)=O)cc(-c2cc(C(C)C)c3c(c2)C(C)(C)NS3(=O)=O)n1CC1CCCCC1. The Morgan fingerprint density at radius 1 is 1.15 bits per heavy atom. The highest BCUT2D eigenvalue weighted by Gasteiger charge is 2.42. The van der Waals surface area contributed by atoms with E-state index in [9.17, 15) is 16.8 Å². The summed E-state index contributed by atoms with van der Waals surface area (Å²) in [6.07, 6.45) is 5.87. The van der Waals surface area contributed by atoms with E-state index in [2.05, 4.69) is 9.29 Å². The second-order valence-corrected chi connectivity index (χ2v) is 13.6. The van der Waals surface area contributed by atoms with Crippen molar-refractivity contribution < 1.29 is 16.8 Å². The maximum atomic E-state index is 12.9. The number of sulfonamides is 2. The number of nitrogens with one attached hydrogen (secondary N) is 1. The number of nitrogens with two attached hydrogens (primary N) is 1. The summed E-state index contributed by atoms with van der Waals surface area (Å²) in [5, 5.41) is 5.57. The summed E-state index contributed by atoms with van der Waals surface area (Å²) in [5.41, 5.74) is 2.91. The molecule has 1 aliphatic carbocycles. The van der Waals surface area contributed by atoms with Crippen LogP contribution in [0.5, 0.6) is 0 Å². The summed E-state index contributed by atoms with van der Waals surface area (Å²) in [6.45, 7) is 10.2. The lowest BCUT2D eigenvalue weighted by Crippen LogP contribution is -2.32.